The molecule has 5 rings (SSSR count). The number of carboxylic acid groups (broad SMARTS) is 1. The summed E-state index contributed by atoms with van der Waals surface area (Å²) in [5, 5.41) is 21.4. The zero-order valence-electron chi connectivity index (χ0n) is 22.0. The van der Waals surface area contributed by atoms with Gasteiger partial charge in [0.1, 0.15) is 0 Å². The highest BCUT2D eigenvalue weighted by Gasteiger charge is 2.71. The van der Waals surface area contributed by atoms with E-state index in [1.54, 1.807) is 0 Å². The lowest BCUT2D eigenvalue weighted by molar-refractivity contribution is -0.248. The minimum Gasteiger partial charge on any atom is -0.481 e. The number of hydrogen-bond donors (Lipinski definition) is 2. The number of aliphatic hydroxyl groups excluding tert-OH is 1. The maximum Gasteiger partial charge on any atom is 0.309 e. The lowest BCUT2D eigenvalue weighted by atomic mass is 9.32. The highest BCUT2D eigenvalue weighted by atomic mass is 16.4. The minimum absolute atomic E-state index is 0.0202. The molecule has 3 heteroatoms. The van der Waals surface area contributed by atoms with Gasteiger partial charge in [-0.3, -0.25) is 4.79 Å². The Kier molecular flexibility index (Phi) is 5.15. The number of carboxylic acids is 1. The highest BCUT2D eigenvalue weighted by Crippen LogP contribution is 2.77. The Hall–Kier alpha value is -0.830. The Labute approximate surface area is 201 Å². The maximum atomic E-state index is 12.8. The first-order valence-corrected chi connectivity index (χ1v) is 13.8. The summed E-state index contributed by atoms with van der Waals surface area (Å²) in [5.74, 6) is 1.79. The molecule has 5 fully saturated rings. The van der Waals surface area contributed by atoms with Gasteiger partial charge in [0.05, 0.1) is 11.5 Å². The SMILES string of the molecule is C=C(C)[C@@H]1CC[C@@]2(C(=O)O)CC[C@]3(C)[C@H](CC[C@H]4[C@@]5(C)CC[C@@H](O)C(C)(C)[C@H]5CC[C@@]43C)[C@@H]12. The Morgan fingerprint density at radius 1 is 0.818 bits per heavy atom. The second kappa shape index (κ2) is 7.11. The van der Waals surface area contributed by atoms with Crippen molar-refractivity contribution in [2.75, 3.05) is 0 Å². The molecule has 0 aliphatic heterocycles. The van der Waals surface area contributed by atoms with Gasteiger partial charge < -0.3 is 10.2 Å². The van der Waals surface area contributed by atoms with Crippen molar-refractivity contribution in [1.82, 2.24) is 0 Å². The van der Waals surface area contributed by atoms with Crippen LogP contribution in [0.1, 0.15) is 106 Å². The Balaban J connectivity index is 1.57. The van der Waals surface area contributed by atoms with Crippen LogP contribution >= 0.6 is 0 Å². The molecule has 5 aliphatic rings. The fourth-order valence-corrected chi connectivity index (χ4v) is 11.5. The molecule has 5 saturated carbocycles. The lowest BCUT2D eigenvalue weighted by Crippen LogP contribution is -2.67. The number of aliphatic carboxylic acids is 1. The fourth-order valence-electron chi connectivity index (χ4n) is 11.5. The molecule has 0 aromatic carbocycles. The van der Waals surface area contributed by atoms with Gasteiger partial charge in [0.2, 0.25) is 0 Å². The van der Waals surface area contributed by atoms with E-state index in [1.807, 2.05) is 0 Å². The molecule has 0 amide bonds. The number of allylic oxidation sites excluding steroid dienone is 1. The van der Waals surface area contributed by atoms with Gasteiger partial charge in [-0.25, -0.2) is 0 Å². The molecule has 186 valence electrons. The number of rotatable bonds is 2. The molecule has 0 heterocycles. The molecule has 2 N–H and O–H groups in total. The van der Waals surface area contributed by atoms with Gasteiger partial charge in [0.15, 0.2) is 0 Å². The summed E-state index contributed by atoms with van der Waals surface area (Å²) in [6.07, 6.45) is 10.5. The molecule has 3 nitrogen and oxygen atoms in total. The van der Waals surface area contributed by atoms with Crippen molar-refractivity contribution in [3.05, 3.63) is 12.2 Å². The van der Waals surface area contributed by atoms with Crippen LogP contribution in [0, 0.1) is 56.7 Å². The average Bonchev–Trinajstić information content (AvgIpc) is 3.13. The molecule has 0 aromatic heterocycles. The van der Waals surface area contributed by atoms with Crippen LogP contribution in [0.25, 0.3) is 0 Å². The van der Waals surface area contributed by atoms with Crippen molar-refractivity contribution < 1.29 is 15.0 Å². The fraction of sp³-hybridized carbons (Fsp3) is 0.900. The predicted octanol–water partition coefficient (Wildman–Crippen LogP) is 7.09. The van der Waals surface area contributed by atoms with Crippen molar-refractivity contribution in [3.63, 3.8) is 0 Å². The molecular formula is C30H48O3. The molecule has 10 atom stereocenters. The third-order valence-corrected chi connectivity index (χ3v) is 13.5. The Morgan fingerprint density at radius 3 is 2.15 bits per heavy atom. The molecular weight excluding hydrogens is 408 g/mol. The van der Waals surface area contributed by atoms with Crippen LogP contribution in [-0.2, 0) is 4.79 Å². The third kappa shape index (κ3) is 2.75. The first-order chi connectivity index (χ1) is 15.3. The second-order valence-corrected chi connectivity index (χ2v) is 14.5. The van der Waals surface area contributed by atoms with E-state index in [0.29, 0.717) is 23.7 Å². The van der Waals surface area contributed by atoms with E-state index in [2.05, 4.69) is 48.1 Å². The molecule has 0 spiro atoms. The smallest absolute Gasteiger partial charge is 0.309 e. The average molecular weight is 457 g/mol. The van der Waals surface area contributed by atoms with Crippen molar-refractivity contribution >= 4 is 5.97 Å². The standard InChI is InChI=1S/C30H48O3/c1-18(2)19-10-15-30(25(32)33)17-16-28(6)20(24(19)30)8-9-22-27(5)13-12-23(31)26(3,4)21(27)11-14-29(22,28)7/h19-24,31H,1,8-17H2,2-7H3,(H,32,33)/t19-,20+,21+,22-,23+,24+,27-,28+,29-,30+/m0/s1. The third-order valence-electron chi connectivity index (χ3n) is 13.5. The van der Waals surface area contributed by atoms with Crippen LogP contribution in [0.2, 0.25) is 0 Å². The van der Waals surface area contributed by atoms with E-state index in [9.17, 15) is 15.0 Å². The van der Waals surface area contributed by atoms with Crippen LogP contribution in [0.3, 0.4) is 0 Å². The normalized spacial score (nSPS) is 55.0. The van der Waals surface area contributed by atoms with E-state index in [0.717, 1.165) is 38.5 Å². The number of hydrogen-bond acceptors (Lipinski definition) is 2. The topological polar surface area (TPSA) is 57.5 Å². The highest BCUT2D eigenvalue weighted by molar-refractivity contribution is 5.76. The summed E-state index contributed by atoms with van der Waals surface area (Å²) >= 11 is 0. The zero-order chi connectivity index (χ0) is 24.2. The quantitative estimate of drug-likeness (QED) is 0.436. The van der Waals surface area contributed by atoms with Crippen LogP contribution in [-0.4, -0.2) is 22.3 Å². The molecule has 0 aromatic rings. The Morgan fingerprint density at radius 2 is 1.52 bits per heavy atom. The second-order valence-electron chi connectivity index (χ2n) is 14.5. The van der Waals surface area contributed by atoms with Crippen LogP contribution in [0.15, 0.2) is 12.2 Å². The van der Waals surface area contributed by atoms with Crippen LogP contribution in [0.4, 0.5) is 0 Å². The monoisotopic (exact) mass is 456 g/mol. The van der Waals surface area contributed by atoms with E-state index >= 15 is 0 Å². The van der Waals surface area contributed by atoms with Gasteiger partial charge in [-0.1, -0.05) is 46.8 Å². The maximum absolute atomic E-state index is 12.8. The van der Waals surface area contributed by atoms with Gasteiger partial charge in [0, 0.05) is 0 Å². The lowest BCUT2D eigenvalue weighted by Gasteiger charge is -2.72. The van der Waals surface area contributed by atoms with Gasteiger partial charge in [0.25, 0.3) is 0 Å². The van der Waals surface area contributed by atoms with E-state index < -0.39 is 11.4 Å². The summed E-state index contributed by atoms with van der Waals surface area (Å²) in [6, 6.07) is 0. The molecule has 5 aliphatic carbocycles. The van der Waals surface area contributed by atoms with Crippen molar-refractivity contribution in [2.45, 2.75) is 112 Å². The first kappa shape index (κ1) is 23.9. The van der Waals surface area contributed by atoms with Crippen LogP contribution in [0.5, 0.6) is 0 Å². The van der Waals surface area contributed by atoms with Gasteiger partial charge in [-0.15, -0.1) is 0 Å². The molecule has 0 saturated heterocycles. The molecule has 0 bridgehead atoms. The summed E-state index contributed by atoms with van der Waals surface area (Å²) in [6.45, 7) is 18.8. The molecule has 0 radical (unpaired) electrons. The van der Waals surface area contributed by atoms with E-state index in [4.69, 9.17) is 0 Å². The van der Waals surface area contributed by atoms with Crippen LogP contribution < -0.4 is 0 Å². The van der Waals surface area contributed by atoms with E-state index in [1.165, 1.54) is 31.3 Å². The summed E-state index contributed by atoms with van der Waals surface area (Å²) in [4.78, 5) is 12.8. The summed E-state index contributed by atoms with van der Waals surface area (Å²) < 4.78 is 0. The minimum atomic E-state index is -0.538. The zero-order valence-corrected chi connectivity index (χ0v) is 22.0. The number of aliphatic hydroxyl groups is 1. The van der Waals surface area contributed by atoms with Gasteiger partial charge in [-0.2, -0.15) is 0 Å². The predicted molar refractivity (Wildman–Crippen MR) is 133 cm³/mol. The van der Waals surface area contributed by atoms with Gasteiger partial charge in [-0.05, 0) is 122 Å². The van der Waals surface area contributed by atoms with Gasteiger partial charge >= 0.3 is 5.97 Å². The largest absolute Gasteiger partial charge is 0.481 e. The Bertz CT molecular complexity index is 861. The summed E-state index contributed by atoms with van der Waals surface area (Å²) in [5.41, 5.74) is 1.35. The van der Waals surface area contributed by atoms with Crippen molar-refractivity contribution in [1.29, 1.82) is 0 Å². The molecule has 33 heavy (non-hydrogen) atoms. The van der Waals surface area contributed by atoms with Crippen molar-refractivity contribution in [3.8, 4) is 0 Å². The van der Waals surface area contributed by atoms with E-state index in [-0.39, 0.29) is 33.7 Å². The first-order valence-electron chi connectivity index (χ1n) is 13.8. The van der Waals surface area contributed by atoms with Crippen molar-refractivity contribution in [2.24, 2.45) is 56.7 Å². The molecule has 0 unspecified atom stereocenters. The number of fused-ring (bicyclic) bond motifs is 7. The summed E-state index contributed by atoms with van der Waals surface area (Å²) in [7, 11) is 0. The number of carbonyl (C=O) groups is 1.